The molecule has 8 heteroatoms. The molecule has 4 rings (SSSR count). The first-order chi connectivity index (χ1) is 14.3. The number of likely N-dealkylation sites (tertiary alicyclic amines) is 1. The fourth-order valence-corrected chi connectivity index (χ4v) is 3.82. The van der Waals surface area contributed by atoms with E-state index < -0.39 is 11.7 Å². The average molecular weight is 415 g/mol. The van der Waals surface area contributed by atoms with Gasteiger partial charge in [-0.1, -0.05) is 18.7 Å². The first kappa shape index (κ1) is 20.0. The highest BCUT2D eigenvalue weighted by Crippen LogP contribution is 2.36. The van der Waals surface area contributed by atoms with Gasteiger partial charge in [0.05, 0.1) is 24.2 Å². The number of aromatic nitrogens is 2. The Bertz CT molecular complexity index is 1100. The molecule has 0 spiro atoms. The third kappa shape index (κ3) is 3.53. The molecule has 1 unspecified atom stereocenters. The van der Waals surface area contributed by atoms with Crippen LogP contribution in [0.15, 0.2) is 55.1 Å². The Kier molecular flexibility index (Phi) is 5.01. The standard InChI is InChI=1S/C22H20F3N3O2/c1-3-20(29)27-11-10-16(13-27)28-19-12-17(30-2)8-9-18(19)21(26-28)14-4-6-15(7-5-14)22(23,24)25/h3-9,12,16H,1,10-11,13H2,2H3. The van der Waals surface area contributed by atoms with Gasteiger partial charge in [-0.05, 0) is 36.8 Å². The van der Waals surface area contributed by atoms with Crippen LogP contribution >= 0.6 is 0 Å². The molecular formula is C22H20F3N3O2. The lowest BCUT2D eigenvalue weighted by Crippen LogP contribution is -2.27. The maximum Gasteiger partial charge on any atom is 0.416 e. The Morgan fingerprint density at radius 1 is 1.23 bits per heavy atom. The van der Waals surface area contributed by atoms with Crippen LogP contribution < -0.4 is 4.74 Å². The molecule has 3 aromatic rings. The highest BCUT2D eigenvalue weighted by Gasteiger charge is 2.31. The highest BCUT2D eigenvalue weighted by atomic mass is 19.4. The molecule has 156 valence electrons. The fraction of sp³-hybridized carbons (Fsp3) is 0.273. The second-order valence-electron chi connectivity index (χ2n) is 7.18. The van der Waals surface area contributed by atoms with Gasteiger partial charge in [0.25, 0.3) is 0 Å². The monoisotopic (exact) mass is 415 g/mol. The number of carbonyl (C=O) groups is 1. The molecule has 0 bridgehead atoms. The van der Waals surface area contributed by atoms with Crippen molar-refractivity contribution in [2.24, 2.45) is 0 Å². The molecule has 1 fully saturated rings. The lowest BCUT2D eigenvalue weighted by molar-refractivity contribution is -0.137. The molecule has 1 aliphatic rings. The van der Waals surface area contributed by atoms with E-state index in [1.807, 2.05) is 16.8 Å². The van der Waals surface area contributed by atoms with Crippen molar-refractivity contribution in [3.8, 4) is 17.0 Å². The summed E-state index contributed by atoms with van der Waals surface area (Å²) >= 11 is 0. The van der Waals surface area contributed by atoms with E-state index in [2.05, 4.69) is 6.58 Å². The number of alkyl halides is 3. The molecule has 1 saturated heterocycles. The molecule has 2 aromatic carbocycles. The van der Waals surface area contributed by atoms with Gasteiger partial charge in [0, 0.05) is 30.1 Å². The zero-order valence-corrected chi connectivity index (χ0v) is 16.3. The topological polar surface area (TPSA) is 47.4 Å². The van der Waals surface area contributed by atoms with Crippen LogP contribution in [-0.4, -0.2) is 40.8 Å². The number of rotatable bonds is 4. The van der Waals surface area contributed by atoms with Crippen LogP contribution in [0.25, 0.3) is 22.2 Å². The van der Waals surface area contributed by atoms with E-state index in [1.54, 1.807) is 18.1 Å². The second-order valence-corrected chi connectivity index (χ2v) is 7.18. The van der Waals surface area contributed by atoms with Crippen molar-refractivity contribution in [3.05, 3.63) is 60.7 Å². The Labute approximate surface area is 171 Å². The maximum absolute atomic E-state index is 12.9. The number of amides is 1. The summed E-state index contributed by atoms with van der Waals surface area (Å²) in [6.07, 6.45) is -2.38. The van der Waals surface area contributed by atoms with Crippen LogP contribution in [0.5, 0.6) is 5.75 Å². The van der Waals surface area contributed by atoms with Crippen molar-refractivity contribution in [1.29, 1.82) is 0 Å². The van der Waals surface area contributed by atoms with Crippen molar-refractivity contribution in [2.45, 2.75) is 18.6 Å². The largest absolute Gasteiger partial charge is 0.497 e. The summed E-state index contributed by atoms with van der Waals surface area (Å²) in [4.78, 5) is 13.7. The Balaban J connectivity index is 1.78. The molecule has 1 atom stereocenters. The van der Waals surface area contributed by atoms with E-state index in [0.29, 0.717) is 30.1 Å². The van der Waals surface area contributed by atoms with Gasteiger partial charge < -0.3 is 9.64 Å². The van der Waals surface area contributed by atoms with Crippen LogP contribution in [0.1, 0.15) is 18.0 Å². The van der Waals surface area contributed by atoms with E-state index in [9.17, 15) is 18.0 Å². The Morgan fingerprint density at radius 2 is 1.97 bits per heavy atom. The van der Waals surface area contributed by atoms with E-state index in [0.717, 1.165) is 29.5 Å². The van der Waals surface area contributed by atoms with Gasteiger partial charge in [0.15, 0.2) is 0 Å². The molecule has 30 heavy (non-hydrogen) atoms. The van der Waals surface area contributed by atoms with E-state index >= 15 is 0 Å². The summed E-state index contributed by atoms with van der Waals surface area (Å²) in [5.74, 6) is 0.522. The molecular weight excluding hydrogens is 395 g/mol. The maximum atomic E-state index is 12.9. The molecule has 5 nitrogen and oxygen atoms in total. The minimum absolute atomic E-state index is 0.0493. The van der Waals surface area contributed by atoms with Crippen LogP contribution in [0.4, 0.5) is 13.2 Å². The normalized spacial score (nSPS) is 16.8. The average Bonchev–Trinajstić information content (AvgIpc) is 3.37. The molecule has 0 N–H and O–H groups in total. The first-order valence-corrected chi connectivity index (χ1v) is 9.47. The minimum Gasteiger partial charge on any atom is -0.497 e. The van der Waals surface area contributed by atoms with Crippen molar-refractivity contribution < 1.29 is 22.7 Å². The van der Waals surface area contributed by atoms with Gasteiger partial charge >= 0.3 is 6.18 Å². The third-order valence-corrected chi connectivity index (χ3v) is 5.40. The van der Waals surface area contributed by atoms with Crippen LogP contribution in [-0.2, 0) is 11.0 Å². The van der Waals surface area contributed by atoms with Gasteiger partial charge in [-0.15, -0.1) is 0 Å². The number of halogens is 3. The predicted octanol–water partition coefficient (Wildman–Crippen LogP) is 4.69. The number of methoxy groups -OCH3 is 1. The summed E-state index contributed by atoms with van der Waals surface area (Å²) in [5.41, 5.74) is 1.29. The fourth-order valence-electron chi connectivity index (χ4n) is 3.82. The molecule has 1 aromatic heterocycles. The van der Waals surface area contributed by atoms with Crippen molar-refractivity contribution in [3.63, 3.8) is 0 Å². The first-order valence-electron chi connectivity index (χ1n) is 9.47. The zero-order chi connectivity index (χ0) is 21.5. The number of hydrogen-bond acceptors (Lipinski definition) is 3. The Morgan fingerprint density at radius 3 is 2.60 bits per heavy atom. The van der Waals surface area contributed by atoms with Gasteiger partial charge in [0.1, 0.15) is 11.4 Å². The number of fused-ring (bicyclic) bond motifs is 1. The van der Waals surface area contributed by atoms with Gasteiger partial charge in [0.2, 0.25) is 5.91 Å². The highest BCUT2D eigenvalue weighted by molar-refractivity contribution is 5.94. The summed E-state index contributed by atoms with van der Waals surface area (Å²) in [5, 5.41) is 5.55. The van der Waals surface area contributed by atoms with E-state index in [4.69, 9.17) is 9.84 Å². The zero-order valence-electron chi connectivity index (χ0n) is 16.3. The second kappa shape index (κ2) is 7.51. The molecule has 0 radical (unpaired) electrons. The number of carbonyl (C=O) groups excluding carboxylic acids is 1. The molecule has 2 heterocycles. The van der Waals surface area contributed by atoms with E-state index in [-0.39, 0.29) is 11.9 Å². The predicted molar refractivity (Wildman–Crippen MR) is 107 cm³/mol. The van der Waals surface area contributed by atoms with Crippen molar-refractivity contribution >= 4 is 16.8 Å². The Hall–Kier alpha value is -3.29. The summed E-state index contributed by atoms with van der Waals surface area (Å²) < 4.78 is 46.0. The van der Waals surface area contributed by atoms with Crippen molar-refractivity contribution in [2.75, 3.05) is 20.2 Å². The van der Waals surface area contributed by atoms with Gasteiger partial charge in [-0.3, -0.25) is 9.48 Å². The lowest BCUT2D eigenvalue weighted by Gasteiger charge is -2.15. The molecule has 1 amide bonds. The number of ether oxygens (including phenoxy) is 1. The number of nitrogens with zero attached hydrogens (tertiary/aromatic N) is 3. The third-order valence-electron chi connectivity index (χ3n) is 5.40. The lowest BCUT2D eigenvalue weighted by atomic mass is 10.1. The minimum atomic E-state index is -4.39. The smallest absolute Gasteiger partial charge is 0.416 e. The summed E-state index contributed by atoms with van der Waals surface area (Å²) in [6.45, 7) is 4.62. The van der Waals surface area contributed by atoms with Crippen molar-refractivity contribution in [1.82, 2.24) is 14.7 Å². The SMILES string of the molecule is C=CC(=O)N1CCC(n2nc(-c3ccc(C(F)(F)F)cc3)c3ccc(OC)cc32)C1. The quantitative estimate of drug-likeness (QED) is 0.581. The van der Waals surface area contributed by atoms with Crippen LogP contribution in [0, 0.1) is 0 Å². The molecule has 0 aliphatic carbocycles. The number of hydrogen-bond donors (Lipinski definition) is 0. The number of benzene rings is 2. The molecule has 1 aliphatic heterocycles. The van der Waals surface area contributed by atoms with Crippen LogP contribution in [0.2, 0.25) is 0 Å². The van der Waals surface area contributed by atoms with Gasteiger partial charge in [-0.25, -0.2) is 0 Å². The summed E-state index contributed by atoms with van der Waals surface area (Å²) in [6, 6.07) is 10.4. The van der Waals surface area contributed by atoms with Crippen LogP contribution in [0.3, 0.4) is 0 Å². The van der Waals surface area contributed by atoms with E-state index in [1.165, 1.54) is 18.2 Å². The summed E-state index contributed by atoms with van der Waals surface area (Å²) in [7, 11) is 1.57. The van der Waals surface area contributed by atoms with Gasteiger partial charge in [-0.2, -0.15) is 18.3 Å². The molecule has 0 saturated carbocycles.